The van der Waals surface area contributed by atoms with Crippen LogP contribution in [0.15, 0.2) is 32.9 Å². The highest BCUT2D eigenvalue weighted by atomic mass is 127. The van der Waals surface area contributed by atoms with Crippen molar-refractivity contribution in [3.05, 3.63) is 31.8 Å². The largest absolute Gasteiger partial charge is 0.481 e. The molecule has 1 aliphatic rings. The first-order valence-corrected chi connectivity index (χ1v) is 8.47. The Kier molecular flexibility index (Phi) is 5.76. The molecule has 1 aliphatic heterocycles. The lowest BCUT2D eigenvalue weighted by atomic mass is 10.2. The number of carboxylic acid groups (broad SMARTS) is 1. The fourth-order valence-electron chi connectivity index (χ4n) is 1.51. The summed E-state index contributed by atoms with van der Waals surface area (Å²) in [6.07, 6.45) is 1.33. The number of halogens is 2. The average Bonchev–Trinajstić information content (AvgIpc) is 2.74. The molecule has 2 rings (SSSR count). The molecule has 1 amide bonds. The molecule has 1 fully saturated rings. The Hall–Kier alpha value is -0.940. The lowest BCUT2D eigenvalue weighted by molar-refractivity contribution is -0.138. The number of hydrogen-bond donors (Lipinski definition) is 2. The van der Waals surface area contributed by atoms with Crippen LogP contribution < -0.4 is 5.32 Å². The number of hydrogen-bond acceptors (Lipinski definition) is 5. The van der Waals surface area contributed by atoms with Gasteiger partial charge in [-0.3, -0.25) is 9.59 Å². The first-order chi connectivity index (χ1) is 9.97. The van der Waals surface area contributed by atoms with E-state index in [4.69, 9.17) is 5.11 Å². The second kappa shape index (κ2) is 7.36. The Labute approximate surface area is 146 Å². The number of nitrogens with one attached hydrogen (secondary N) is 1. The standard InChI is InChI=1S/C12H9BrIN3O3S/c13-10-6(2-1-3-7(10)14)5-15-17-12-16-11(20)8(21-12)4-9(18)19/h1-3,5,8H,4H2,(H,18,19)(H,16,17,20). The molecule has 1 atom stereocenters. The molecule has 1 saturated heterocycles. The van der Waals surface area contributed by atoms with E-state index < -0.39 is 11.2 Å². The highest BCUT2D eigenvalue weighted by Gasteiger charge is 2.32. The Morgan fingerprint density at radius 2 is 2.33 bits per heavy atom. The molecule has 1 aromatic carbocycles. The second-order valence-electron chi connectivity index (χ2n) is 3.99. The van der Waals surface area contributed by atoms with Gasteiger partial charge in [-0.2, -0.15) is 5.10 Å². The van der Waals surface area contributed by atoms with E-state index in [0.29, 0.717) is 5.17 Å². The number of rotatable bonds is 4. The van der Waals surface area contributed by atoms with Gasteiger partial charge in [-0.15, -0.1) is 5.10 Å². The van der Waals surface area contributed by atoms with Crippen LogP contribution in [-0.2, 0) is 9.59 Å². The molecule has 21 heavy (non-hydrogen) atoms. The van der Waals surface area contributed by atoms with E-state index in [0.717, 1.165) is 25.4 Å². The summed E-state index contributed by atoms with van der Waals surface area (Å²) in [7, 11) is 0. The van der Waals surface area contributed by atoms with Gasteiger partial charge in [-0.1, -0.05) is 23.9 Å². The SMILES string of the molecule is O=C(O)CC1SC(=NN=Cc2cccc(I)c2Br)NC1=O. The maximum atomic E-state index is 11.5. The van der Waals surface area contributed by atoms with Gasteiger partial charge in [0.15, 0.2) is 5.17 Å². The quantitative estimate of drug-likeness (QED) is 0.392. The normalized spacial score (nSPS) is 20.2. The van der Waals surface area contributed by atoms with Crippen molar-refractivity contribution in [3.8, 4) is 0 Å². The number of nitrogens with zero attached hydrogens (tertiary/aromatic N) is 2. The smallest absolute Gasteiger partial charge is 0.305 e. The predicted molar refractivity (Wildman–Crippen MR) is 93.7 cm³/mol. The van der Waals surface area contributed by atoms with E-state index in [1.165, 1.54) is 0 Å². The van der Waals surface area contributed by atoms with Gasteiger partial charge < -0.3 is 10.4 Å². The van der Waals surface area contributed by atoms with Crippen LogP contribution in [0, 0.1) is 3.57 Å². The first kappa shape index (κ1) is 16.4. The van der Waals surface area contributed by atoms with Gasteiger partial charge in [0.05, 0.1) is 12.6 Å². The van der Waals surface area contributed by atoms with E-state index >= 15 is 0 Å². The van der Waals surface area contributed by atoms with Crippen molar-refractivity contribution in [3.63, 3.8) is 0 Å². The van der Waals surface area contributed by atoms with E-state index in [9.17, 15) is 9.59 Å². The highest BCUT2D eigenvalue weighted by molar-refractivity contribution is 14.1. The molecule has 0 spiro atoms. The molecule has 0 aromatic heterocycles. The minimum atomic E-state index is -1.02. The third-order valence-electron chi connectivity index (χ3n) is 2.46. The lowest BCUT2D eigenvalue weighted by Crippen LogP contribution is -2.26. The molecular formula is C12H9BrIN3O3S. The van der Waals surface area contributed by atoms with Crippen LogP contribution in [0.4, 0.5) is 0 Å². The fraction of sp³-hybridized carbons (Fsp3) is 0.167. The van der Waals surface area contributed by atoms with Crippen molar-refractivity contribution in [1.82, 2.24) is 5.32 Å². The number of amidine groups is 1. The Morgan fingerprint density at radius 1 is 1.57 bits per heavy atom. The van der Waals surface area contributed by atoms with Crippen molar-refractivity contribution in [2.45, 2.75) is 11.7 Å². The molecule has 6 nitrogen and oxygen atoms in total. The van der Waals surface area contributed by atoms with Crippen molar-refractivity contribution >= 4 is 73.5 Å². The van der Waals surface area contributed by atoms with Crippen LogP contribution in [0.25, 0.3) is 0 Å². The third-order valence-corrected chi connectivity index (χ3v) is 6.06. The first-order valence-electron chi connectivity index (χ1n) is 5.71. The summed E-state index contributed by atoms with van der Waals surface area (Å²) in [4.78, 5) is 22.1. The Bertz CT molecular complexity index is 651. The molecule has 0 radical (unpaired) electrons. The summed E-state index contributed by atoms with van der Waals surface area (Å²) in [5.74, 6) is -1.37. The van der Waals surface area contributed by atoms with E-state index in [1.807, 2.05) is 18.2 Å². The minimum Gasteiger partial charge on any atom is -0.481 e. The topological polar surface area (TPSA) is 91.1 Å². The number of thioether (sulfide) groups is 1. The van der Waals surface area contributed by atoms with Crippen molar-refractivity contribution in [1.29, 1.82) is 0 Å². The molecule has 2 N–H and O–H groups in total. The Balaban J connectivity index is 2.05. The van der Waals surface area contributed by atoms with Crippen LogP contribution in [0.5, 0.6) is 0 Å². The van der Waals surface area contributed by atoms with Crippen LogP contribution in [0.1, 0.15) is 12.0 Å². The lowest BCUT2D eigenvalue weighted by Gasteiger charge is -1.99. The van der Waals surface area contributed by atoms with E-state index in [-0.39, 0.29) is 12.3 Å². The van der Waals surface area contributed by atoms with Crippen molar-refractivity contribution in [2.24, 2.45) is 10.2 Å². The zero-order valence-corrected chi connectivity index (χ0v) is 15.0. The van der Waals surface area contributed by atoms with Crippen molar-refractivity contribution in [2.75, 3.05) is 0 Å². The van der Waals surface area contributed by atoms with Gasteiger partial charge in [-0.25, -0.2) is 0 Å². The number of aliphatic carboxylic acids is 1. The average molecular weight is 482 g/mol. The molecule has 110 valence electrons. The third kappa shape index (κ3) is 4.51. The van der Waals surface area contributed by atoms with Gasteiger partial charge >= 0.3 is 5.97 Å². The minimum absolute atomic E-state index is 0.234. The summed E-state index contributed by atoms with van der Waals surface area (Å²) in [5, 5.41) is 18.7. The summed E-state index contributed by atoms with van der Waals surface area (Å²) < 4.78 is 1.97. The van der Waals surface area contributed by atoms with Crippen molar-refractivity contribution < 1.29 is 14.7 Å². The maximum Gasteiger partial charge on any atom is 0.305 e. The highest BCUT2D eigenvalue weighted by Crippen LogP contribution is 2.23. The predicted octanol–water partition coefficient (Wildman–Crippen LogP) is 2.45. The number of benzene rings is 1. The fourth-order valence-corrected chi connectivity index (χ4v) is 3.31. The van der Waals surface area contributed by atoms with Crippen LogP contribution in [0.2, 0.25) is 0 Å². The van der Waals surface area contributed by atoms with Gasteiger partial charge in [0.2, 0.25) is 5.91 Å². The van der Waals surface area contributed by atoms with Crippen LogP contribution >= 0.6 is 50.3 Å². The van der Waals surface area contributed by atoms with E-state index in [2.05, 4.69) is 54.0 Å². The molecule has 1 unspecified atom stereocenters. The van der Waals surface area contributed by atoms with Gasteiger partial charge in [0.1, 0.15) is 5.25 Å². The number of carboxylic acids is 1. The molecular weight excluding hydrogens is 473 g/mol. The zero-order chi connectivity index (χ0) is 15.4. The summed E-state index contributed by atoms with van der Waals surface area (Å²) >= 11 is 6.72. The monoisotopic (exact) mass is 481 g/mol. The number of amides is 1. The maximum absolute atomic E-state index is 11.5. The van der Waals surface area contributed by atoms with Crippen LogP contribution in [-0.4, -0.2) is 33.6 Å². The molecule has 0 aliphatic carbocycles. The molecule has 1 aromatic rings. The zero-order valence-electron chi connectivity index (χ0n) is 10.4. The van der Waals surface area contributed by atoms with Gasteiger partial charge in [0.25, 0.3) is 0 Å². The number of carbonyl (C=O) groups is 2. The molecule has 1 heterocycles. The van der Waals surface area contributed by atoms with Gasteiger partial charge in [-0.05, 0) is 44.6 Å². The summed E-state index contributed by atoms with van der Waals surface area (Å²) in [6.45, 7) is 0. The number of carbonyl (C=O) groups excluding carboxylic acids is 1. The summed E-state index contributed by atoms with van der Waals surface area (Å²) in [6, 6.07) is 5.73. The summed E-state index contributed by atoms with van der Waals surface area (Å²) in [5.41, 5.74) is 0.864. The molecule has 9 heteroatoms. The van der Waals surface area contributed by atoms with E-state index in [1.54, 1.807) is 6.21 Å². The van der Waals surface area contributed by atoms with Crippen LogP contribution in [0.3, 0.4) is 0 Å². The van der Waals surface area contributed by atoms with Gasteiger partial charge in [0, 0.05) is 13.6 Å². The second-order valence-corrected chi connectivity index (χ2v) is 7.13. The Morgan fingerprint density at radius 3 is 3.05 bits per heavy atom. The molecule has 0 saturated carbocycles. The molecule has 0 bridgehead atoms.